The molecule has 0 amide bonds. The summed E-state index contributed by atoms with van der Waals surface area (Å²) in [7, 11) is 0. The molecule has 4 heteroatoms. The van der Waals surface area contributed by atoms with E-state index in [2.05, 4.69) is 0 Å². The molecule has 54 valence electrons. The van der Waals surface area contributed by atoms with Gasteiger partial charge in [0, 0.05) is 13.0 Å². The van der Waals surface area contributed by atoms with E-state index in [1.54, 1.807) is 0 Å². The van der Waals surface area contributed by atoms with Crippen LogP contribution in [-0.4, -0.2) is 29.3 Å². The van der Waals surface area contributed by atoms with Crippen LogP contribution in [0.15, 0.2) is 0 Å². The fraction of sp³-hybridized carbons (Fsp3) is 1.00. The number of hydroxylamine groups is 2. The lowest BCUT2D eigenvalue weighted by Crippen LogP contribution is -2.40. The van der Waals surface area contributed by atoms with Gasteiger partial charge in [0.15, 0.2) is 0 Å². The van der Waals surface area contributed by atoms with Gasteiger partial charge >= 0.3 is 0 Å². The Morgan fingerprint density at radius 3 is 2.44 bits per heavy atom. The minimum atomic E-state index is -2.67. The number of piperidine rings is 1. The average molecular weight is 137 g/mol. The van der Waals surface area contributed by atoms with Crippen LogP contribution in [-0.2, 0) is 0 Å². The van der Waals surface area contributed by atoms with Gasteiger partial charge in [-0.3, -0.25) is 0 Å². The minimum Gasteiger partial charge on any atom is -0.314 e. The van der Waals surface area contributed by atoms with Crippen LogP contribution in [0.1, 0.15) is 12.8 Å². The molecule has 9 heavy (non-hydrogen) atoms. The molecule has 0 radical (unpaired) electrons. The Bertz CT molecular complexity index is 107. The molecule has 0 aromatic rings. The van der Waals surface area contributed by atoms with E-state index >= 15 is 0 Å². The van der Waals surface area contributed by atoms with Crippen molar-refractivity contribution in [3.05, 3.63) is 0 Å². The van der Waals surface area contributed by atoms with Crippen molar-refractivity contribution in [1.29, 1.82) is 0 Å². The predicted molar refractivity (Wildman–Crippen MR) is 27.5 cm³/mol. The Kier molecular flexibility index (Phi) is 1.68. The quantitative estimate of drug-likeness (QED) is 0.540. The van der Waals surface area contributed by atoms with Gasteiger partial charge in [0.05, 0.1) is 6.54 Å². The first-order valence-electron chi connectivity index (χ1n) is 2.92. The van der Waals surface area contributed by atoms with Gasteiger partial charge in [-0.25, -0.2) is 8.78 Å². The second-order valence-corrected chi connectivity index (χ2v) is 2.35. The highest BCUT2D eigenvalue weighted by atomic mass is 19.3. The van der Waals surface area contributed by atoms with Crippen LogP contribution < -0.4 is 0 Å². The van der Waals surface area contributed by atoms with Gasteiger partial charge in [-0.1, -0.05) is 0 Å². The largest absolute Gasteiger partial charge is 0.314 e. The highest BCUT2D eigenvalue weighted by molar-refractivity contribution is 4.73. The SMILES string of the molecule is ON1CCCC(F)(F)C1. The molecular formula is C5H9F2NO. The predicted octanol–water partition coefficient (Wildman–Crippen LogP) is 1.11. The molecule has 0 bridgehead atoms. The molecule has 0 aromatic heterocycles. The maximum Gasteiger partial charge on any atom is 0.262 e. The number of hydrogen-bond donors (Lipinski definition) is 1. The van der Waals surface area contributed by atoms with Crippen LogP contribution in [0.5, 0.6) is 0 Å². The summed E-state index contributed by atoms with van der Waals surface area (Å²) in [6.07, 6.45) is 0.285. The van der Waals surface area contributed by atoms with Crippen molar-refractivity contribution in [2.75, 3.05) is 13.1 Å². The van der Waals surface area contributed by atoms with Crippen molar-refractivity contribution >= 4 is 0 Å². The summed E-state index contributed by atoms with van der Waals surface area (Å²) in [5, 5.41) is 9.27. The molecule has 1 saturated heterocycles. The van der Waals surface area contributed by atoms with Crippen molar-refractivity contribution in [2.24, 2.45) is 0 Å². The average Bonchev–Trinajstić information content (AvgIpc) is 1.60. The lowest BCUT2D eigenvalue weighted by molar-refractivity contribution is -0.180. The van der Waals surface area contributed by atoms with Crippen molar-refractivity contribution in [2.45, 2.75) is 18.8 Å². The topological polar surface area (TPSA) is 23.5 Å². The third-order valence-corrected chi connectivity index (χ3v) is 1.37. The van der Waals surface area contributed by atoms with E-state index in [0.29, 0.717) is 18.0 Å². The molecule has 0 saturated carbocycles. The van der Waals surface area contributed by atoms with Gasteiger partial charge in [0.2, 0.25) is 0 Å². The monoisotopic (exact) mass is 137 g/mol. The van der Waals surface area contributed by atoms with E-state index < -0.39 is 12.5 Å². The van der Waals surface area contributed by atoms with Crippen LogP contribution in [0.2, 0.25) is 0 Å². The number of alkyl halides is 2. The Morgan fingerprint density at radius 2 is 2.11 bits per heavy atom. The van der Waals surface area contributed by atoms with Gasteiger partial charge in [-0.05, 0) is 6.42 Å². The summed E-state index contributed by atoms with van der Waals surface area (Å²) in [6.45, 7) is -0.136. The summed E-state index contributed by atoms with van der Waals surface area (Å²) >= 11 is 0. The lowest BCUT2D eigenvalue weighted by atomic mass is 10.1. The van der Waals surface area contributed by atoms with E-state index in [1.807, 2.05) is 0 Å². The van der Waals surface area contributed by atoms with Gasteiger partial charge in [-0.2, -0.15) is 5.06 Å². The first kappa shape index (κ1) is 6.89. The Morgan fingerprint density at radius 1 is 1.44 bits per heavy atom. The summed E-state index contributed by atoms with van der Waals surface area (Å²) in [6, 6.07) is 0. The van der Waals surface area contributed by atoms with Gasteiger partial charge in [-0.15, -0.1) is 0 Å². The maximum absolute atomic E-state index is 12.3. The van der Waals surface area contributed by atoms with Crippen molar-refractivity contribution in [3.8, 4) is 0 Å². The van der Waals surface area contributed by atoms with E-state index in [-0.39, 0.29) is 6.42 Å². The molecule has 2 nitrogen and oxygen atoms in total. The normalized spacial score (nSPS) is 28.3. The molecule has 1 fully saturated rings. The van der Waals surface area contributed by atoms with Gasteiger partial charge in [0.25, 0.3) is 5.92 Å². The smallest absolute Gasteiger partial charge is 0.262 e. The molecule has 1 heterocycles. The molecule has 0 aliphatic carbocycles. The van der Waals surface area contributed by atoms with Crippen molar-refractivity contribution < 1.29 is 14.0 Å². The third-order valence-electron chi connectivity index (χ3n) is 1.37. The fourth-order valence-corrected chi connectivity index (χ4v) is 0.945. The first-order valence-corrected chi connectivity index (χ1v) is 2.92. The number of hydrogen-bond acceptors (Lipinski definition) is 2. The fourth-order valence-electron chi connectivity index (χ4n) is 0.945. The van der Waals surface area contributed by atoms with Gasteiger partial charge in [0.1, 0.15) is 0 Å². The van der Waals surface area contributed by atoms with Crippen LogP contribution in [0.25, 0.3) is 0 Å². The second-order valence-electron chi connectivity index (χ2n) is 2.35. The van der Waals surface area contributed by atoms with E-state index in [4.69, 9.17) is 5.21 Å². The highest BCUT2D eigenvalue weighted by Gasteiger charge is 2.34. The highest BCUT2D eigenvalue weighted by Crippen LogP contribution is 2.24. The summed E-state index contributed by atoms with van der Waals surface area (Å²) < 4.78 is 24.5. The molecular weight excluding hydrogens is 128 g/mol. The third kappa shape index (κ3) is 1.87. The zero-order chi connectivity index (χ0) is 6.91. The second kappa shape index (κ2) is 2.19. The van der Waals surface area contributed by atoms with Crippen LogP contribution >= 0.6 is 0 Å². The molecule has 0 atom stereocenters. The van der Waals surface area contributed by atoms with E-state index in [1.165, 1.54) is 0 Å². The van der Waals surface area contributed by atoms with Crippen LogP contribution in [0.3, 0.4) is 0 Å². The lowest BCUT2D eigenvalue weighted by Gasteiger charge is -2.27. The molecule has 0 aromatic carbocycles. The first-order chi connectivity index (χ1) is 4.10. The molecule has 0 spiro atoms. The zero-order valence-electron chi connectivity index (χ0n) is 4.98. The number of rotatable bonds is 0. The summed E-state index contributed by atoms with van der Waals surface area (Å²) in [4.78, 5) is 0. The maximum atomic E-state index is 12.3. The van der Waals surface area contributed by atoms with Crippen LogP contribution in [0, 0.1) is 0 Å². The number of halogens is 2. The minimum absolute atomic E-state index is 0.0932. The number of nitrogens with zero attached hydrogens (tertiary/aromatic N) is 1. The molecule has 0 unspecified atom stereocenters. The van der Waals surface area contributed by atoms with Crippen molar-refractivity contribution in [3.63, 3.8) is 0 Å². The van der Waals surface area contributed by atoms with E-state index in [9.17, 15) is 8.78 Å². The standard InChI is InChI=1S/C5H9F2NO/c6-5(7)2-1-3-8(9)4-5/h9H,1-4H2. The molecule has 1 N–H and O–H groups in total. The summed E-state index contributed by atoms with van der Waals surface area (Å²) in [5.41, 5.74) is 0. The Labute approximate surface area is 52.0 Å². The summed E-state index contributed by atoms with van der Waals surface area (Å²) in [5.74, 6) is -2.67. The molecule has 1 rings (SSSR count). The Balaban J connectivity index is 2.41. The molecule has 1 aliphatic heterocycles. The van der Waals surface area contributed by atoms with Gasteiger partial charge < -0.3 is 5.21 Å². The van der Waals surface area contributed by atoms with Crippen LogP contribution in [0.4, 0.5) is 8.78 Å². The van der Waals surface area contributed by atoms with Crippen molar-refractivity contribution in [1.82, 2.24) is 5.06 Å². The zero-order valence-corrected chi connectivity index (χ0v) is 4.98. The van der Waals surface area contributed by atoms with E-state index in [0.717, 1.165) is 0 Å². The molecule has 1 aliphatic rings. The Hall–Kier alpha value is -0.220.